The van der Waals surface area contributed by atoms with E-state index in [1.807, 2.05) is 0 Å². The Balaban J connectivity index is 2.45. The van der Waals surface area contributed by atoms with Crippen LogP contribution in [0.1, 0.15) is 47.5 Å². The first-order valence-electron chi connectivity index (χ1n) is 5.41. The zero-order valence-electron chi connectivity index (χ0n) is 9.81. The Labute approximate surface area is 86.0 Å². The minimum Gasteiger partial charge on any atom is -0.368 e. The van der Waals surface area contributed by atoms with Gasteiger partial charge in [-0.2, -0.15) is 0 Å². The van der Waals surface area contributed by atoms with Crippen molar-refractivity contribution < 1.29 is 9.53 Å². The number of Topliss-reactive ketones (excluding diaryl/α,β-unsaturated/α-hetero) is 1. The quantitative estimate of drug-likeness (QED) is 0.595. The molecule has 2 aliphatic rings. The lowest BCUT2D eigenvalue weighted by molar-refractivity contribution is -0.217. The molecule has 1 aliphatic carbocycles. The zero-order valence-corrected chi connectivity index (χ0v) is 9.81. The third-order valence-electron chi connectivity index (χ3n) is 4.33. The van der Waals surface area contributed by atoms with Crippen LogP contribution in [-0.2, 0) is 9.53 Å². The van der Waals surface area contributed by atoms with E-state index in [1.165, 1.54) is 0 Å². The number of ketones is 1. The lowest BCUT2D eigenvalue weighted by Crippen LogP contribution is -2.53. The Bertz CT molecular complexity index is 291. The molecule has 2 fully saturated rings. The second-order valence-corrected chi connectivity index (χ2v) is 6.21. The van der Waals surface area contributed by atoms with E-state index in [0.29, 0.717) is 12.2 Å². The van der Waals surface area contributed by atoms with Crippen molar-refractivity contribution in [1.82, 2.24) is 0 Å². The molecule has 0 N–H and O–H groups in total. The van der Waals surface area contributed by atoms with Crippen molar-refractivity contribution in [1.29, 1.82) is 0 Å². The largest absolute Gasteiger partial charge is 0.368 e. The van der Waals surface area contributed by atoms with E-state index in [4.69, 9.17) is 4.74 Å². The number of carbonyl (C=O) groups excluding carboxylic acids is 1. The molecular weight excluding hydrogens is 176 g/mol. The molecule has 2 rings (SSSR count). The second kappa shape index (κ2) is 2.41. The summed E-state index contributed by atoms with van der Waals surface area (Å²) in [6, 6.07) is 0. The predicted octanol–water partition coefficient (Wildman–Crippen LogP) is 2.56. The fraction of sp³-hybridized carbons (Fsp3) is 0.917. The maximum atomic E-state index is 11.9. The molecule has 1 saturated carbocycles. The highest BCUT2D eigenvalue weighted by Crippen LogP contribution is 2.58. The topological polar surface area (TPSA) is 26.3 Å². The highest BCUT2D eigenvalue weighted by atomic mass is 16.5. The van der Waals surface area contributed by atoms with Crippen molar-refractivity contribution in [3.8, 4) is 0 Å². The van der Waals surface area contributed by atoms with Crippen molar-refractivity contribution >= 4 is 5.78 Å². The molecule has 0 spiro atoms. The molecular formula is C12H20O2. The first-order chi connectivity index (χ1) is 6.18. The fourth-order valence-electron chi connectivity index (χ4n) is 3.13. The summed E-state index contributed by atoms with van der Waals surface area (Å²) in [6.45, 7) is 10.6. The van der Waals surface area contributed by atoms with Crippen LogP contribution in [0.3, 0.4) is 0 Å². The van der Waals surface area contributed by atoms with Gasteiger partial charge in [0.15, 0.2) is 0 Å². The third kappa shape index (κ3) is 1.10. The van der Waals surface area contributed by atoms with E-state index in [2.05, 4.69) is 34.6 Å². The summed E-state index contributed by atoms with van der Waals surface area (Å²) in [6.07, 6.45) is 1.46. The number of hydrogen-bond acceptors (Lipinski definition) is 2. The van der Waals surface area contributed by atoms with E-state index < -0.39 is 0 Å². The van der Waals surface area contributed by atoms with Crippen molar-refractivity contribution in [3.05, 3.63) is 0 Å². The van der Waals surface area contributed by atoms with Crippen molar-refractivity contribution in [2.24, 2.45) is 11.3 Å². The zero-order chi connectivity index (χ0) is 10.8. The van der Waals surface area contributed by atoms with Gasteiger partial charge in [0.25, 0.3) is 0 Å². The van der Waals surface area contributed by atoms with Crippen molar-refractivity contribution in [2.45, 2.75) is 58.7 Å². The van der Waals surface area contributed by atoms with E-state index in [1.54, 1.807) is 0 Å². The average molecular weight is 196 g/mol. The summed E-state index contributed by atoms with van der Waals surface area (Å²) < 4.78 is 6.12. The van der Waals surface area contributed by atoms with Crippen LogP contribution < -0.4 is 0 Å². The van der Waals surface area contributed by atoms with Crippen LogP contribution >= 0.6 is 0 Å². The van der Waals surface area contributed by atoms with Crippen LogP contribution in [0.25, 0.3) is 0 Å². The van der Waals surface area contributed by atoms with Crippen molar-refractivity contribution in [3.63, 3.8) is 0 Å². The van der Waals surface area contributed by atoms with Gasteiger partial charge in [-0.3, -0.25) is 4.79 Å². The van der Waals surface area contributed by atoms with Crippen LogP contribution in [0.4, 0.5) is 0 Å². The van der Waals surface area contributed by atoms with E-state index in [-0.39, 0.29) is 22.5 Å². The molecule has 2 atom stereocenters. The molecule has 2 unspecified atom stereocenters. The highest BCUT2D eigenvalue weighted by Gasteiger charge is 2.62. The first-order valence-corrected chi connectivity index (χ1v) is 5.41. The lowest BCUT2D eigenvalue weighted by Gasteiger charge is -2.51. The highest BCUT2D eigenvalue weighted by molar-refractivity contribution is 5.86. The SMILES string of the molecule is CC1(C)CC2C(=O)CC(C)(O1)C2(C)C. The van der Waals surface area contributed by atoms with Gasteiger partial charge < -0.3 is 4.74 Å². The smallest absolute Gasteiger partial charge is 0.139 e. The molecule has 0 aromatic rings. The Morgan fingerprint density at radius 1 is 1.21 bits per heavy atom. The van der Waals surface area contributed by atoms with Gasteiger partial charge in [-0.05, 0) is 27.2 Å². The number of carbonyl (C=O) groups is 1. The number of ether oxygens (including phenoxy) is 1. The van der Waals surface area contributed by atoms with Gasteiger partial charge in [-0.15, -0.1) is 0 Å². The van der Waals surface area contributed by atoms with Gasteiger partial charge in [0.05, 0.1) is 11.2 Å². The second-order valence-electron chi connectivity index (χ2n) is 6.21. The molecule has 0 amide bonds. The van der Waals surface area contributed by atoms with Gasteiger partial charge in [-0.25, -0.2) is 0 Å². The van der Waals surface area contributed by atoms with Crippen molar-refractivity contribution in [2.75, 3.05) is 0 Å². The average Bonchev–Trinajstić information content (AvgIpc) is 2.11. The molecule has 1 aliphatic heterocycles. The standard InChI is InChI=1S/C12H20O2/c1-10(2)6-8-9(13)7-12(5,14-10)11(8,3)4/h8H,6-7H2,1-5H3. The minimum atomic E-state index is -0.253. The number of fused-ring (bicyclic) bond motifs is 2. The van der Waals surface area contributed by atoms with Crippen LogP contribution in [0.15, 0.2) is 0 Å². The van der Waals surface area contributed by atoms with E-state index in [9.17, 15) is 4.79 Å². The van der Waals surface area contributed by atoms with E-state index >= 15 is 0 Å². The fourth-order valence-corrected chi connectivity index (χ4v) is 3.13. The van der Waals surface area contributed by atoms with Crippen LogP contribution in [0.2, 0.25) is 0 Å². The molecule has 14 heavy (non-hydrogen) atoms. The molecule has 0 radical (unpaired) electrons. The summed E-state index contributed by atoms with van der Waals surface area (Å²) in [7, 11) is 0. The van der Waals surface area contributed by atoms with Gasteiger partial charge in [-0.1, -0.05) is 13.8 Å². The normalized spacial score (nSPS) is 44.1. The third-order valence-corrected chi connectivity index (χ3v) is 4.33. The first kappa shape index (κ1) is 10.2. The van der Waals surface area contributed by atoms with Gasteiger partial charge in [0, 0.05) is 17.8 Å². The molecule has 2 bridgehead atoms. The van der Waals surface area contributed by atoms with Gasteiger partial charge >= 0.3 is 0 Å². The van der Waals surface area contributed by atoms with E-state index in [0.717, 1.165) is 6.42 Å². The molecule has 1 saturated heterocycles. The summed E-state index contributed by atoms with van der Waals surface area (Å²) in [4.78, 5) is 11.9. The summed E-state index contributed by atoms with van der Waals surface area (Å²) in [5.74, 6) is 0.583. The molecule has 2 heteroatoms. The maximum absolute atomic E-state index is 11.9. The van der Waals surface area contributed by atoms with Gasteiger partial charge in [0.1, 0.15) is 5.78 Å². The Morgan fingerprint density at radius 3 is 2.29 bits per heavy atom. The van der Waals surface area contributed by atoms with Gasteiger partial charge in [0.2, 0.25) is 0 Å². The van der Waals surface area contributed by atoms with Crippen LogP contribution in [-0.4, -0.2) is 17.0 Å². The monoisotopic (exact) mass is 196 g/mol. The van der Waals surface area contributed by atoms with Crippen LogP contribution in [0.5, 0.6) is 0 Å². The molecule has 80 valence electrons. The molecule has 2 nitrogen and oxygen atoms in total. The Hall–Kier alpha value is -0.370. The molecule has 0 aromatic carbocycles. The number of rotatable bonds is 0. The maximum Gasteiger partial charge on any atom is 0.139 e. The minimum absolute atomic E-state index is 0.000394. The predicted molar refractivity (Wildman–Crippen MR) is 55.1 cm³/mol. The Kier molecular flexibility index (Phi) is 1.75. The molecule has 1 heterocycles. The summed E-state index contributed by atoms with van der Waals surface area (Å²) in [5, 5.41) is 0. The Morgan fingerprint density at radius 2 is 1.79 bits per heavy atom. The number of hydrogen-bond donors (Lipinski definition) is 0. The summed E-state index contributed by atoms with van der Waals surface area (Å²) >= 11 is 0. The lowest BCUT2D eigenvalue weighted by atomic mass is 9.67. The summed E-state index contributed by atoms with van der Waals surface area (Å²) in [5.41, 5.74) is -0.392. The molecule has 0 aromatic heterocycles. The van der Waals surface area contributed by atoms with Crippen LogP contribution in [0, 0.1) is 11.3 Å².